The van der Waals surface area contributed by atoms with Gasteiger partial charge in [-0.3, -0.25) is 9.67 Å². The van der Waals surface area contributed by atoms with Crippen LogP contribution in [0.1, 0.15) is 22.4 Å². The van der Waals surface area contributed by atoms with Crippen LogP contribution in [-0.4, -0.2) is 16.0 Å². The molecule has 3 nitrogen and oxygen atoms in total. The van der Waals surface area contributed by atoms with E-state index in [4.69, 9.17) is 11.6 Å². The maximum Gasteiger partial charge on any atom is 0.435 e. The first-order valence-electron chi connectivity index (χ1n) is 6.10. The average Bonchev–Trinajstić information content (AvgIpc) is 2.62. The van der Waals surface area contributed by atoms with Gasteiger partial charge in [0.25, 0.3) is 0 Å². The largest absolute Gasteiger partial charge is 0.435 e. The molecule has 1 aromatic heterocycles. The molecule has 0 saturated heterocycles. The van der Waals surface area contributed by atoms with Crippen molar-refractivity contribution in [1.29, 1.82) is 0 Å². The quantitative estimate of drug-likeness (QED) is 0.753. The molecule has 0 N–H and O–H groups in total. The maximum absolute atomic E-state index is 12.9. The molecule has 0 aliphatic carbocycles. The van der Waals surface area contributed by atoms with Gasteiger partial charge < -0.3 is 0 Å². The molecule has 0 unspecified atom stereocenters. The summed E-state index contributed by atoms with van der Waals surface area (Å²) in [6.45, 7) is 3.79. The van der Waals surface area contributed by atoms with Gasteiger partial charge in [0.2, 0.25) is 0 Å². The molecule has 0 aliphatic rings. The molecular formula is C14H13ClF3N3. The molecule has 1 heterocycles. The molecule has 112 valence electrons. The Labute approximate surface area is 125 Å². The fraction of sp³-hybridized carbons (Fsp3) is 0.286. The van der Waals surface area contributed by atoms with Crippen molar-refractivity contribution in [2.24, 2.45) is 12.0 Å². The van der Waals surface area contributed by atoms with E-state index in [1.807, 2.05) is 19.9 Å². The van der Waals surface area contributed by atoms with Crippen molar-refractivity contribution in [2.45, 2.75) is 20.0 Å². The van der Waals surface area contributed by atoms with Gasteiger partial charge in [-0.05, 0) is 37.1 Å². The number of aromatic nitrogens is 2. The summed E-state index contributed by atoms with van der Waals surface area (Å²) >= 11 is 5.86. The zero-order valence-electron chi connectivity index (χ0n) is 11.7. The van der Waals surface area contributed by atoms with E-state index < -0.39 is 11.9 Å². The van der Waals surface area contributed by atoms with Gasteiger partial charge in [0.15, 0.2) is 5.69 Å². The number of aryl methyl sites for hydroxylation is 3. The summed E-state index contributed by atoms with van der Waals surface area (Å²) in [6, 6.07) is 5.51. The summed E-state index contributed by atoms with van der Waals surface area (Å²) in [5, 5.41) is 3.30. The molecule has 7 heteroatoms. The summed E-state index contributed by atoms with van der Waals surface area (Å²) in [5.74, 6) is 0. The number of rotatable bonds is 2. The van der Waals surface area contributed by atoms with E-state index in [0.29, 0.717) is 5.69 Å². The minimum atomic E-state index is -4.57. The molecule has 0 fully saturated rings. The lowest BCUT2D eigenvalue weighted by atomic mass is 10.1. The summed E-state index contributed by atoms with van der Waals surface area (Å²) in [7, 11) is 1.35. The first kappa shape index (κ1) is 15.6. The van der Waals surface area contributed by atoms with Crippen LogP contribution in [0.25, 0.3) is 0 Å². The Morgan fingerprint density at radius 1 is 1.19 bits per heavy atom. The topological polar surface area (TPSA) is 30.2 Å². The molecular weight excluding hydrogens is 303 g/mol. The van der Waals surface area contributed by atoms with E-state index in [2.05, 4.69) is 10.1 Å². The number of hydrogen-bond donors (Lipinski definition) is 0. The van der Waals surface area contributed by atoms with E-state index in [1.54, 1.807) is 12.1 Å². The standard InChI is InChI=1S/C14H13ClF3N3/c1-8-4-9(2)6-10(5-8)19-7-11-12(14(16,17)18)20-21(3)13(11)15/h4-7H,1-3H3. The number of benzene rings is 1. The second-order valence-electron chi connectivity index (χ2n) is 4.78. The molecule has 0 atom stereocenters. The third kappa shape index (κ3) is 3.44. The van der Waals surface area contributed by atoms with Crippen LogP contribution in [-0.2, 0) is 13.2 Å². The van der Waals surface area contributed by atoms with Crippen LogP contribution in [0, 0.1) is 13.8 Å². The smallest absolute Gasteiger partial charge is 0.256 e. The van der Waals surface area contributed by atoms with Crippen molar-refractivity contribution in [1.82, 2.24) is 9.78 Å². The lowest BCUT2D eigenvalue weighted by Crippen LogP contribution is -2.09. The van der Waals surface area contributed by atoms with Crippen LogP contribution in [0.15, 0.2) is 23.2 Å². The van der Waals surface area contributed by atoms with Crippen LogP contribution in [0.2, 0.25) is 5.15 Å². The highest BCUT2D eigenvalue weighted by atomic mass is 35.5. The maximum atomic E-state index is 12.9. The fourth-order valence-electron chi connectivity index (χ4n) is 2.01. The van der Waals surface area contributed by atoms with Gasteiger partial charge in [-0.15, -0.1) is 0 Å². The second kappa shape index (κ2) is 5.52. The van der Waals surface area contributed by atoms with Gasteiger partial charge in [-0.1, -0.05) is 17.7 Å². The van der Waals surface area contributed by atoms with Crippen LogP contribution in [0.4, 0.5) is 18.9 Å². The van der Waals surface area contributed by atoms with Crippen molar-refractivity contribution in [2.75, 3.05) is 0 Å². The summed E-state index contributed by atoms with van der Waals surface area (Å²) in [4.78, 5) is 4.08. The number of hydrogen-bond acceptors (Lipinski definition) is 2. The third-order valence-electron chi connectivity index (χ3n) is 2.83. The highest BCUT2D eigenvalue weighted by Gasteiger charge is 2.38. The first-order chi connectivity index (χ1) is 9.68. The number of aliphatic imine (C=N–C) groups is 1. The molecule has 21 heavy (non-hydrogen) atoms. The Bertz CT molecular complexity index is 682. The Morgan fingerprint density at radius 3 is 2.29 bits per heavy atom. The Kier molecular flexibility index (Phi) is 4.09. The lowest BCUT2D eigenvalue weighted by molar-refractivity contribution is -0.141. The van der Waals surface area contributed by atoms with E-state index in [9.17, 15) is 13.2 Å². The lowest BCUT2D eigenvalue weighted by Gasteiger charge is -2.03. The molecule has 0 saturated carbocycles. The van der Waals surface area contributed by atoms with Gasteiger partial charge in [0.05, 0.1) is 11.3 Å². The second-order valence-corrected chi connectivity index (χ2v) is 5.14. The van der Waals surface area contributed by atoms with Gasteiger partial charge in [-0.25, -0.2) is 0 Å². The minimum absolute atomic E-state index is 0.101. The molecule has 0 aliphatic heterocycles. The van der Waals surface area contributed by atoms with E-state index >= 15 is 0 Å². The molecule has 2 rings (SSSR count). The minimum Gasteiger partial charge on any atom is -0.256 e. The van der Waals surface area contributed by atoms with Gasteiger partial charge in [0.1, 0.15) is 5.15 Å². The zero-order chi connectivity index (χ0) is 15.8. The van der Waals surface area contributed by atoms with E-state index in [0.717, 1.165) is 22.0 Å². The third-order valence-corrected chi connectivity index (χ3v) is 3.28. The number of halogens is 4. The van der Waals surface area contributed by atoms with Gasteiger partial charge >= 0.3 is 6.18 Å². The Morgan fingerprint density at radius 2 is 1.76 bits per heavy atom. The molecule has 0 amide bonds. The number of nitrogens with zero attached hydrogens (tertiary/aromatic N) is 3. The summed E-state index contributed by atoms with van der Waals surface area (Å²) < 4.78 is 39.7. The van der Waals surface area contributed by atoms with Crippen LogP contribution in [0.5, 0.6) is 0 Å². The normalized spacial score (nSPS) is 12.3. The SMILES string of the molecule is Cc1cc(C)cc(N=Cc2c(C(F)(F)F)nn(C)c2Cl)c1. The van der Waals surface area contributed by atoms with Crippen LogP contribution < -0.4 is 0 Å². The number of alkyl halides is 3. The Hall–Kier alpha value is -1.82. The van der Waals surface area contributed by atoms with Crippen molar-refractivity contribution in [3.05, 3.63) is 45.7 Å². The molecule has 2 aromatic rings. The predicted molar refractivity (Wildman–Crippen MR) is 76.4 cm³/mol. The van der Waals surface area contributed by atoms with Crippen molar-refractivity contribution < 1.29 is 13.2 Å². The van der Waals surface area contributed by atoms with Crippen molar-refractivity contribution >= 4 is 23.5 Å². The summed E-state index contributed by atoms with van der Waals surface area (Å²) in [6.07, 6.45) is -3.47. The first-order valence-corrected chi connectivity index (χ1v) is 6.48. The van der Waals surface area contributed by atoms with Gasteiger partial charge in [0, 0.05) is 13.3 Å². The van der Waals surface area contributed by atoms with Crippen molar-refractivity contribution in [3.8, 4) is 0 Å². The zero-order valence-corrected chi connectivity index (χ0v) is 12.4. The molecule has 0 spiro atoms. The highest BCUT2D eigenvalue weighted by Crippen LogP contribution is 2.33. The van der Waals surface area contributed by atoms with Crippen molar-refractivity contribution in [3.63, 3.8) is 0 Å². The van der Waals surface area contributed by atoms with E-state index in [-0.39, 0.29) is 10.7 Å². The molecule has 1 aromatic carbocycles. The molecule has 0 bridgehead atoms. The molecule has 0 radical (unpaired) electrons. The average molecular weight is 316 g/mol. The Balaban J connectivity index is 2.46. The van der Waals surface area contributed by atoms with Gasteiger partial charge in [-0.2, -0.15) is 18.3 Å². The van der Waals surface area contributed by atoms with Crippen LogP contribution in [0.3, 0.4) is 0 Å². The fourth-order valence-corrected chi connectivity index (χ4v) is 2.18. The summed E-state index contributed by atoms with van der Waals surface area (Å²) in [5.41, 5.74) is 1.26. The monoisotopic (exact) mass is 315 g/mol. The highest BCUT2D eigenvalue weighted by molar-refractivity contribution is 6.32. The van der Waals surface area contributed by atoms with E-state index in [1.165, 1.54) is 7.05 Å². The van der Waals surface area contributed by atoms with Crippen LogP contribution >= 0.6 is 11.6 Å². The predicted octanol–water partition coefficient (Wildman–Crippen LogP) is 4.46.